The first kappa shape index (κ1) is 12.7. The van der Waals surface area contributed by atoms with Gasteiger partial charge in [-0.2, -0.15) is 0 Å². The number of aryl methyl sites for hydroxylation is 2. The molecule has 1 unspecified atom stereocenters. The molecule has 2 aromatic carbocycles. The Kier molecular flexibility index (Phi) is 3.43. The number of aliphatic hydroxyl groups excluding tert-OH is 1. The summed E-state index contributed by atoms with van der Waals surface area (Å²) in [6.45, 7) is 3.67. The molecule has 2 aromatic rings. The SMILES string of the molecule is Cc1cccc(C)c1C(O)c1cc(F)ccc1F. The van der Waals surface area contributed by atoms with Gasteiger partial charge in [0.15, 0.2) is 0 Å². The Morgan fingerprint density at radius 3 is 2.22 bits per heavy atom. The van der Waals surface area contributed by atoms with Crippen LogP contribution in [0, 0.1) is 25.5 Å². The van der Waals surface area contributed by atoms with Gasteiger partial charge in [-0.05, 0) is 48.7 Å². The van der Waals surface area contributed by atoms with Crippen LogP contribution in [0.3, 0.4) is 0 Å². The van der Waals surface area contributed by atoms with Gasteiger partial charge < -0.3 is 5.11 Å². The van der Waals surface area contributed by atoms with Crippen LogP contribution < -0.4 is 0 Å². The summed E-state index contributed by atoms with van der Waals surface area (Å²) in [6.07, 6.45) is -1.15. The van der Waals surface area contributed by atoms with E-state index in [1.54, 1.807) is 0 Å². The van der Waals surface area contributed by atoms with Crippen molar-refractivity contribution in [3.05, 3.63) is 70.3 Å². The number of halogens is 2. The number of aliphatic hydroxyl groups is 1. The van der Waals surface area contributed by atoms with Gasteiger partial charge in [0.1, 0.15) is 17.7 Å². The van der Waals surface area contributed by atoms with Crippen molar-refractivity contribution in [1.29, 1.82) is 0 Å². The van der Waals surface area contributed by atoms with Gasteiger partial charge in [0.25, 0.3) is 0 Å². The number of benzene rings is 2. The molecule has 0 aliphatic carbocycles. The average molecular weight is 248 g/mol. The van der Waals surface area contributed by atoms with E-state index in [1.807, 2.05) is 32.0 Å². The molecule has 2 rings (SSSR count). The summed E-state index contributed by atoms with van der Waals surface area (Å²) in [5.74, 6) is -1.16. The van der Waals surface area contributed by atoms with Crippen LogP contribution in [0.15, 0.2) is 36.4 Å². The van der Waals surface area contributed by atoms with Crippen LogP contribution in [0.5, 0.6) is 0 Å². The van der Waals surface area contributed by atoms with E-state index in [4.69, 9.17) is 0 Å². The molecule has 18 heavy (non-hydrogen) atoms. The highest BCUT2D eigenvalue weighted by Crippen LogP contribution is 2.29. The van der Waals surface area contributed by atoms with E-state index in [1.165, 1.54) is 0 Å². The molecule has 0 amide bonds. The van der Waals surface area contributed by atoms with E-state index in [-0.39, 0.29) is 5.56 Å². The van der Waals surface area contributed by atoms with Crippen LogP contribution in [0.25, 0.3) is 0 Å². The van der Waals surface area contributed by atoms with Gasteiger partial charge in [-0.15, -0.1) is 0 Å². The summed E-state index contributed by atoms with van der Waals surface area (Å²) in [5.41, 5.74) is 2.30. The van der Waals surface area contributed by atoms with Gasteiger partial charge >= 0.3 is 0 Å². The van der Waals surface area contributed by atoms with Gasteiger partial charge in [0.2, 0.25) is 0 Å². The molecule has 0 radical (unpaired) electrons. The maximum absolute atomic E-state index is 13.6. The summed E-state index contributed by atoms with van der Waals surface area (Å²) < 4.78 is 26.8. The zero-order valence-corrected chi connectivity index (χ0v) is 10.2. The third kappa shape index (κ3) is 2.27. The zero-order valence-electron chi connectivity index (χ0n) is 10.2. The van der Waals surface area contributed by atoms with Crippen LogP contribution >= 0.6 is 0 Å². The number of hydrogen-bond donors (Lipinski definition) is 1. The molecule has 0 aliphatic rings. The van der Waals surface area contributed by atoms with Crippen molar-refractivity contribution in [3.63, 3.8) is 0 Å². The normalized spacial score (nSPS) is 12.5. The highest BCUT2D eigenvalue weighted by atomic mass is 19.1. The standard InChI is InChI=1S/C15H14F2O/c1-9-4-3-5-10(2)14(9)15(18)12-8-11(16)6-7-13(12)17/h3-8,15,18H,1-2H3. The molecule has 0 heterocycles. The Morgan fingerprint density at radius 1 is 1.00 bits per heavy atom. The molecule has 0 aromatic heterocycles. The highest BCUT2D eigenvalue weighted by Gasteiger charge is 2.19. The molecule has 0 saturated heterocycles. The Labute approximate surface area is 105 Å². The minimum Gasteiger partial charge on any atom is -0.384 e. The largest absolute Gasteiger partial charge is 0.384 e. The fourth-order valence-electron chi connectivity index (χ4n) is 2.14. The lowest BCUT2D eigenvalue weighted by Crippen LogP contribution is -2.07. The van der Waals surface area contributed by atoms with Crippen LogP contribution in [0.2, 0.25) is 0 Å². The van der Waals surface area contributed by atoms with Gasteiger partial charge in [-0.1, -0.05) is 18.2 Å². The van der Waals surface area contributed by atoms with E-state index in [0.29, 0.717) is 5.56 Å². The lowest BCUT2D eigenvalue weighted by molar-refractivity contribution is 0.213. The first-order valence-corrected chi connectivity index (χ1v) is 5.70. The van der Waals surface area contributed by atoms with Crippen molar-refractivity contribution in [2.45, 2.75) is 20.0 Å². The average Bonchev–Trinajstić information content (AvgIpc) is 2.32. The van der Waals surface area contributed by atoms with Crippen molar-refractivity contribution >= 4 is 0 Å². The second-order valence-electron chi connectivity index (χ2n) is 4.37. The van der Waals surface area contributed by atoms with Gasteiger partial charge in [-0.3, -0.25) is 0 Å². The summed E-state index contributed by atoms with van der Waals surface area (Å²) in [5, 5.41) is 10.3. The molecule has 0 bridgehead atoms. The van der Waals surface area contributed by atoms with Crippen molar-refractivity contribution < 1.29 is 13.9 Å². The number of hydrogen-bond acceptors (Lipinski definition) is 1. The minimum atomic E-state index is -1.15. The van der Waals surface area contributed by atoms with Crippen molar-refractivity contribution in [2.75, 3.05) is 0 Å². The van der Waals surface area contributed by atoms with E-state index in [9.17, 15) is 13.9 Å². The quantitative estimate of drug-likeness (QED) is 0.859. The Bertz CT molecular complexity index is 558. The van der Waals surface area contributed by atoms with Gasteiger partial charge in [-0.25, -0.2) is 8.78 Å². The predicted molar refractivity (Wildman–Crippen MR) is 66.3 cm³/mol. The smallest absolute Gasteiger partial charge is 0.129 e. The number of rotatable bonds is 2. The van der Waals surface area contributed by atoms with E-state index in [0.717, 1.165) is 29.3 Å². The maximum Gasteiger partial charge on any atom is 0.129 e. The van der Waals surface area contributed by atoms with Crippen LogP contribution in [-0.4, -0.2) is 5.11 Å². The third-order valence-corrected chi connectivity index (χ3v) is 3.07. The van der Waals surface area contributed by atoms with Gasteiger partial charge in [0.05, 0.1) is 0 Å². The molecule has 1 nitrogen and oxygen atoms in total. The topological polar surface area (TPSA) is 20.2 Å². The molecule has 1 N–H and O–H groups in total. The molecule has 94 valence electrons. The molecule has 1 atom stereocenters. The minimum absolute atomic E-state index is 0.0348. The molecule has 0 spiro atoms. The summed E-state index contributed by atoms with van der Waals surface area (Å²) in [4.78, 5) is 0. The zero-order chi connectivity index (χ0) is 13.3. The van der Waals surface area contributed by atoms with Crippen LogP contribution in [0.1, 0.15) is 28.4 Å². The molecule has 0 saturated carbocycles. The van der Waals surface area contributed by atoms with Crippen LogP contribution in [0.4, 0.5) is 8.78 Å². The van der Waals surface area contributed by atoms with E-state index < -0.39 is 17.7 Å². The van der Waals surface area contributed by atoms with Crippen LogP contribution in [-0.2, 0) is 0 Å². The second kappa shape index (κ2) is 4.86. The Hall–Kier alpha value is -1.74. The summed E-state index contributed by atoms with van der Waals surface area (Å²) in [6, 6.07) is 8.64. The molecular weight excluding hydrogens is 234 g/mol. The lowest BCUT2D eigenvalue weighted by Gasteiger charge is -2.17. The first-order chi connectivity index (χ1) is 8.50. The van der Waals surface area contributed by atoms with E-state index >= 15 is 0 Å². The maximum atomic E-state index is 13.6. The monoisotopic (exact) mass is 248 g/mol. The van der Waals surface area contributed by atoms with Crippen molar-refractivity contribution in [1.82, 2.24) is 0 Å². The highest BCUT2D eigenvalue weighted by molar-refractivity contribution is 5.40. The third-order valence-electron chi connectivity index (χ3n) is 3.07. The fourth-order valence-corrected chi connectivity index (χ4v) is 2.14. The molecular formula is C15H14F2O. The Balaban J connectivity index is 2.54. The van der Waals surface area contributed by atoms with E-state index in [2.05, 4.69) is 0 Å². The van der Waals surface area contributed by atoms with Gasteiger partial charge in [0, 0.05) is 5.56 Å². The second-order valence-corrected chi connectivity index (χ2v) is 4.37. The van der Waals surface area contributed by atoms with Crippen molar-refractivity contribution in [2.24, 2.45) is 0 Å². The van der Waals surface area contributed by atoms with Crippen molar-refractivity contribution in [3.8, 4) is 0 Å². The first-order valence-electron chi connectivity index (χ1n) is 5.70. The Morgan fingerprint density at radius 2 is 1.61 bits per heavy atom. The molecule has 0 fully saturated rings. The lowest BCUT2D eigenvalue weighted by atomic mass is 9.93. The summed E-state index contributed by atoms with van der Waals surface area (Å²) in [7, 11) is 0. The fraction of sp³-hybridized carbons (Fsp3) is 0.200. The molecule has 3 heteroatoms. The molecule has 0 aliphatic heterocycles. The summed E-state index contributed by atoms with van der Waals surface area (Å²) >= 11 is 0. The predicted octanol–water partition coefficient (Wildman–Crippen LogP) is 3.66.